The van der Waals surface area contributed by atoms with Crippen molar-refractivity contribution in [2.75, 3.05) is 27.2 Å². The first-order chi connectivity index (χ1) is 9.61. The molecule has 0 amide bonds. The summed E-state index contributed by atoms with van der Waals surface area (Å²) in [5.74, 6) is 0.354. The van der Waals surface area contributed by atoms with Crippen LogP contribution < -0.4 is 10.1 Å². The van der Waals surface area contributed by atoms with Gasteiger partial charge in [0.05, 0.1) is 7.11 Å². The Bertz CT molecular complexity index is 438. The molecular formula is C16H25FN2O. The van der Waals surface area contributed by atoms with Crippen molar-refractivity contribution in [1.82, 2.24) is 10.2 Å². The summed E-state index contributed by atoms with van der Waals surface area (Å²) in [6.45, 7) is 4.08. The number of nitrogens with zero attached hydrogens (tertiary/aromatic N) is 1. The normalized spacial score (nSPS) is 21.7. The molecule has 0 aliphatic carbocycles. The van der Waals surface area contributed by atoms with Gasteiger partial charge in [0, 0.05) is 30.3 Å². The van der Waals surface area contributed by atoms with E-state index in [4.69, 9.17) is 4.74 Å². The maximum absolute atomic E-state index is 14.0. The minimum Gasteiger partial charge on any atom is -0.497 e. The Labute approximate surface area is 121 Å². The Morgan fingerprint density at radius 2 is 2.25 bits per heavy atom. The zero-order valence-electron chi connectivity index (χ0n) is 12.7. The third kappa shape index (κ3) is 3.70. The lowest BCUT2D eigenvalue weighted by molar-refractivity contribution is 0.178. The molecule has 0 spiro atoms. The molecule has 1 aliphatic heterocycles. The van der Waals surface area contributed by atoms with Gasteiger partial charge in [0.1, 0.15) is 11.6 Å². The fourth-order valence-corrected chi connectivity index (χ4v) is 2.81. The molecule has 1 aromatic carbocycles. The van der Waals surface area contributed by atoms with Gasteiger partial charge in [-0.3, -0.25) is 0 Å². The van der Waals surface area contributed by atoms with Crippen molar-refractivity contribution < 1.29 is 9.13 Å². The van der Waals surface area contributed by atoms with Crippen LogP contribution in [0.1, 0.15) is 37.8 Å². The minimum absolute atomic E-state index is 0.0104. The van der Waals surface area contributed by atoms with Crippen molar-refractivity contribution in [2.45, 2.75) is 38.3 Å². The summed E-state index contributed by atoms with van der Waals surface area (Å²) in [6.07, 6.45) is 3.80. The second-order valence-electron chi connectivity index (χ2n) is 5.65. The van der Waals surface area contributed by atoms with Gasteiger partial charge in [0.2, 0.25) is 0 Å². The average Bonchev–Trinajstić information content (AvgIpc) is 2.46. The molecular weight excluding hydrogens is 255 g/mol. The molecule has 1 saturated heterocycles. The summed E-state index contributed by atoms with van der Waals surface area (Å²) in [4.78, 5) is 2.40. The van der Waals surface area contributed by atoms with E-state index in [1.54, 1.807) is 13.2 Å². The van der Waals surface area contributed by atoms with Crippen LogP contribution in [-0.4, -0.2) is 38.2 Å². The van der Waals surface area contributed by atoms with E-state index in [-0.39, 0.29) is 11.9 Å². The zero-order valence-corrected chi connectivity index (χ0v) is 12.7. The average molecular weight is 280 g/mol. The first-order valence-corrected chi connectivity index (χ1v) is 7.39. The molecule has 2 unspecified atom stereocenters. The third-order valence-corrected chi connectivity index (χ3v) is 4.26. The number of halogens is 1. The molecule has 20 heavy (non-hydrogen) atoms. The van der Waals surface area contributed by atoms with Crippen LogP contribution in [0.25, 0.3) is 0 Å². The van der Waals surface area contributed by atoms with Gasteiger partial charge in [-0.25, -0.2) is 4.39 Å². The number of ether oxygens (including phenoxy) is 1. The van der Waals surface area contributed by atoms with Crippen molar-refractivity contribution in [2.24, 2.45) is 0 Å². The maximum atomic E-state index is 14.0. The van der Waals surface area contributed by atoms with Gasteiger partial charge in [0.15, 0.2) is 0 Å². The molecule has 4 heteroatoms. The Kier molecular flexibility index (Phi) is 5.38. The Morgan fingerprint density at radius 3 is 2.90 bits per heavy atom. The summed E-state index contributed by atoms with van der Waals surface area (Å²) in [7, 11) is 3.72. The van der Waals surface area contributed by atoms with Crippen molar-refractivity contribution in [3.8, 4) is 5.75 Å². The predicted octanol–water partition coefficient (Wildman–Crippen LogP) is 2.97. The number of rotatable bonds is 5. The maximum Gasteiger partial charge on any atom is 0.131 e. The van der Waals surface area contributed by atoms with Crippen LogP contribution in [0.15, 0.2) is 18.2 Å². The lowest BCUT2D eigenvalue weighted by Crippen LogP contribution is -2.43. The number of likely N-dealkylation sites (N-methyl/N-ethyl adjacent to an activating group) is 1. The van der Waals surface area contributed by atoms with E-state index in [0.29, 0.717) is 17.4 Å². The van der Waals surface area contributed by atoms with Crippen LogP contribution in [-0.2, 0) is 0 Å². The van der Waals surface area contributed by atoms with E-state index >= 15 is 0 Å². The highest BCUT2D eigenvalue weighted by atomic mass is 19.1. The monoisotopic (exact) mass is 280 g/mol. The van der Waals surface area contributed by atoms with Crippen molar-refractivity contribution in [1.29, 1.82) is 0 Å². The number of piperidine rings is 1. The summed E-state index contributed by atoms with van der Waals surface area (Å²) < 4.78 is 19.0. The van der Waals surface area contributed by atoms with E-state index < -0.39 is 0 Å². The molecule has 0 aromatic heterocycles. The predicted molar refractivity (Wildman–Crippen MR) is 79.6 cm³/mol. The van der Waals surface area contributed by atoms with Gasteiger partial charge >= 0.3 is 0 Å². The number of nitrogens with one attached hydrogen (secondary N) is 1. The molecule has 1 aliphatic rings. The van der Waals surface area contributed by atoms with Crippen molar-refractivity contribution >= 4 is 0 Å². The molecule has 1 fully saturated rings. The van der Waals surface area contributed by atoms with Crippen LogP contribution in [0.4, 0.5) is 4.39 Å². The summed E-state index contributed by atoms with van der Waals surface area (Å²) >= 11 is 0. The molecule has 112 valence electrons. The van der Waals surface area contributed by atoms with Crippen LogP contribution in [0.5, 0.6) is 5.75 Å². The smallest absolute Gasteiger partial charge is 0.131 e. The molecule has 2 atom stereocenters. The number of hydrogen-bond acceptors (Lipinski definition) is 3. The first kappa shape index (κ1) is 15.3. The van der Waals surface area contributed by atoms with Gasteiger partial charge in [-0.15, -0.1) is 0 Å². The van der Waals surface area contributed by atoms with Gasteiger partial charge in [-0.2, -0.15) is 0 Å². The Morgan fingerprint density at radius 1 is 1.45 bits per heavy atom. The minimum atomic E-state index is -0.207. The van der Waals surface area contributed by atoms with Gasteiger partial charge in [-0.1, -0.05) is 12.5 Å². The number of methoxy groups -OCH3 is 1. The molecule has 2 rings (SSSR count). The summed E-state index contributed by atoms with van der Waals surface area (Å²) in [6, 6.07) is 5.63. The highest BCUT2D eigenvalue weighted by Gasteiger charge is 2.20. The van der Waals surface area contributed by atoms with E-state index in [1.807, 2.05) is 13.0 Å². The van der Waals surface area contributed by atoms with Gasteiger partial charge in [-0.05, 0) is 39.4 Å². The van der Waals surface area contributed by atoms with Crippen LogP contribution in [0.3, 0.4) is 0 Å². The number of benzene rings is 1. The zero-order chi connectivity index (χ0) is 14.5. The number of hydrogen-bond donors (Lipinski definition) is 1. The van der Waals surface area contributed by atoms with E-state index in [1.165, 1.54) is 25.3 Å². The topological polar surface area (TPSA) is 24.5 Å². The molecule has 1 aromatic rings. The first-order valence-electron chi connectivity index (χ1n) is 7.39. The highest BCUT2D eigenvalue weighted by Crippen LogP contribution is 2.22. The second kappa shape index (κ2) is 7.04. The van der Waals surface area contributed by atoms with Crippen LogP contribution in [0.2, 0.25) is 0 Å². The van der Waals surface area contributed by atoms with E-state index in [9.17, 15) is 4.39 Å². The van der Waals surface area contributed by atoms with Crippen molar-refractivity contribution in [3.63, 3.8) is 0 Å². The third-order valence-electron chi connectivity index (χ3n) is 4.26. The second-order valence-corrected chi connectivity index (χ2v) is 5.65. The lowest BCUT2D eigenvalue weighted by atomic mass is 10.0. The molecule has 0 bridgehead atoms. The van der Waals surface area contributed by atoms with E-state index in [0.717, 1.165) is 13.1 Å². The standard InChI is InChI=1S/C16H25FN2O/c1-12(15-8-7-14(20-3)10-16(15)17)18-11-13-6-4-5-9-19(13)2/h7-8,10,12-13,18H,4-6,9,11H2,1-3H3. The highest BCUT2D eigenvalue weighted by molar-refractivity contribution is 5.30. The Hall–Kier alpha value is -1.13. The fraction of sp³-hybridized carbons (Fsp3) is 0.625. The Balaban J connectivity index is 1.92. The lowest BCUT2D eigenvalue weighted by Gasteiger charge is -2.33. The SMILES string of the molecule is COc1ccc(C(C)NCC2CCCCN2C)c(F)c1. The quantitative estimate of drug-likeness (QED) is 0.897. The van der Waals surface area contributed by atoms with Crippen LogP contribution in [0, 0.1) is 5.82 Å². The van der Waals surface area contributed by atoms with Gasteiger partial charge < -0.3 is 15.0 Å². The fourth-order valence-electron chi connectivity index (χ4n) is 2.81. The van der Waals surface area contributed by atoms with E-state index in [2.05, 4.69) is 17.3 Å². The molecule has 1 heterocycles. The van der Waals surface area contributed by atoms with Gasteiger partial charge in [0.25, 0.3) is 0 Å². The molecule has 0 saturated carbocycles. The van der Waals surface area contributed by atoms with Crippen molar-refractivity contribution in [3.05, 3.63) is 29.6 Å². The molecule has 1 N–H and O–H groups in total. The number of likely N-dealkylation sites (tertiary alicyclic amines) is 1. The largest absolute Gasteiger partial charge is 0.497 e. The molecule has 3 nitrogen and oxygen atoms in total. The van der Waals surface area contributed by atoms with Crippen LogP contribution >= 0.6 is 0 Å². The molecule has 0 radical (unpaired) electrons. The summed E-state index contributed by atoms with van der Waals surface area (Å²) in [5.41, 5.74) is 0.698. The summed E-state index contributed by atoms with van der Waals surface area (Å²) in [5, 5.41) is 3.45.